The molecule has 0 bridgehead atoms. The van der Waals surface area contributed by atoms with Gasteiger partial charge in [0.25, 0.3) is 0 Å². The number of hydrogen-bond donors (Lipinski definition) is 0. The summed E-state index contributed by atoms with van der Waals surface area (Å²) < 4.78 is 5.25. The summed E-state index contributed by atoms with van der Waals surface area (Å²) in [6.45, 7) is 1.03. The fourth-order valence-corrected chi connectivity index (χ4v) is 1.09. The van der Waals surface area contributed by atoms with Crippen molar-refractivity contribution in [3.8, 4) is 0 Å². The smallest absolute Gasteiger partial charge is 0.0625 e. The Hall–Kier alpha value is -0.0400. The van der Waals surface area contributed by atoms with E-state index >= 15 is 0 Å². The van der Waals surface area contributed by atoms with Gasteiger partial charge in [0.1, 0.15) is 0 Å². The zero-order chi connectivity index (χ0) is 4.69. The summed E-state index contributed by atoms with van der Waals surface area (Å²) in [5, 5.41) is 0. The summed E-state index contributed by atoms with van der Waals surface area (Å²) in [5.41, 5.74) is 0. The highest BCUT2D eigenvalue weighted by molar-refractivity contribution is 4.85. The first kappa shape index (κ1) is 3.90. The van der Waals surface area contributed by atoms with Crippen LogP contribution >= 0.6 is 0 Å². The van der Waals surface area contributed by atoms with Crippen LogP contribution in [0.4, 0.5) is 0 Å². The van der Waals surface area contributed by atoms with Gasteiger partial charge in [-0.25, -0.2) is 0 Å². The molecule has 1 unspecified atom stereocenters. The summed E-state index contributed by atoms with van der Waals surface area (Å²) in [6, 6.07) is 0. The van der Waals surface area contributed by atoms with Crippen LogP contribution in [0.15, 0.2) is 0 Å². The van der Waals surface area contributed by atoms with Gasteiger partial charge in [0.2, 0.25) is 0 Å². The third-order valence-corrected chi connectivity index (χ3v) is 1.88. The van der Waals surface area contributed by atoms with Crippen molar-refractivity contribution in [3.63, 3.8) is 0 Å². The van der Waals surface area contributed by atoms with Gasteiger partial charge in [0.05, 0.1) is 6.10 Å². The van der Waals surface area contributed by atoms with E-state index in [1.165, 1.54) is 19.3 Å². The molecule has 0 aromatic rings. The van der Waals surface area contributed by atoms with Crippen molar-refractivity contribution in [2.45, 2.75) is 25.4 Å². The second-order valence-corrected chi connectivity index (χ2v) is 2.54. The van der Waals surface area contributed by atoms with Gasteiger partial charge in [-0.1, -0.05) is 0 Å². The Labute approximate surface area is 43.7 Å². The van der Waals surface area contributed by atoms with E-state index in [4.69, 9.17) is 4.74 Å². The van der Waals surface area contributed by atoms with Crippen molar-refractivity contribution in [1.29, 1.82) is 0 Å². The molecule has 1 atom stereocenters. The van der Waals surface area contributed by atoms with Crippen LogP contribution < -0.4 is 0 Å². The molecule has 0 radical (unpaired) electrons. The van der Waals surface area contributed by atoms with Crippen molar-refractivity contribution in [3.05, 3.63) is 0 Å². The van der Waals surface area contributed by atoms with E-state index in [0.717, 1.165) is 12.5 Å². The molecule has 0 amide bonds. The summed E-state index contributed by atoms with van der Waals surface area (Å²) in [6.07, 6.45) is 4.90. The van der Waals surface area contributed by atoms with Crippen LogP contribution in [0.25, 0.3) is 0 Å². The number of rotatable bonds is 1. The zero-order valence-corrected chi connectivity index (χ0v) is 4.39. The molecule has 40 valence electrons. The predicted molar refractivity (Wildman–Crippen MR) is 27.1 cm³/mol. The van der Waals surface area contributed by atoms with E-state index in [0.29, 0.717) is 6.10 Å². The van der Waals surface area contributed by atoms with Crippen molar-refractivity contribution in [2.75, 3.05) is 6.61 Å². The fourth-order valence-electron chi connectivity index (χ4n) is 1.09. The summed E-state index contributed by atoms with van der Waals surface area (Å²) >= 11 is 0. The minimum absolute atomic E-state index is 0.694. The van der Waals surface area contributed by atoms with Gasteiger partial charge in [-0.2, -0.15) is 0 Å². The van der Waals surface area contributed by atoms with Crippen molar-refractivity contribution in [1.82, 2.24) is 0 Å². The Bertz CT molecular complexity index is 72.2. The molecule has 0 spiro atoms. The second-order valence-electron chi connectivity index (χ2n) is 2.54. The third-order valence-electron chi connectivity index (χ3n) is 1.88. The maximum Gasteiger partial charge on any atom is 0.0625 e. The van der Waals surface area contributed by atoms with E-state index in [9.17, 15) is 0 Å². The third kappa shape index (κ3) is 0.556. The molecule has 1 heteroatoms. The van der Waals surface area contributed by atoms with Gasteiger partial charge in [0.15, 0.2) is 0 Å². The molecule has 1 nitrogen and oxygen atoms in total. The maximum absolute atomic E-state index is 5.25. The standard InChI is InChI=1S/C6H10O/c1-2-5(1)6-3-4-7-6/h5-6H,1-4H2. The van der Waals surface area contributed by atoms with Crippen LogP contribution in [0, 0.1) is 5.92 Å². The van der Waals surface area contributed by atoms with Gasteiger partial charge < -0.3 is 4.74 Å². The van der Waals surface area contributed by atoms with E-state index in [-0.39, 0.29) is 0 Å². The molecule has 2 rings (SSSR count). The molecule has 0 aromatic heterocycles. The average molecular weight is 98.1 g/mol. The van der Waals surface area contributed by atoms with Gasteiger partial charge in [-0.15, -0.1) is 0 Å². The molecule has 1 saturated heterocycles. The summed E-state index contributed by atoms with van der Waals surface area (Å²) in [4.78, 5) is 0. The minimum Gasteiger partial charge on any atom is -0.378 e. The molecule has 7 heavy (non-hydrogen) atoms. The fraction of sp³-hybridized carbons (Fsp3) is 1.00. The highest BCUT2D eigenvalue weighted by atomic mass is 16.5. The van der Waals surface area contributed by atoms with Crippen LogP contribution in [-0.2, 0) is 4.74 Å². The lowest BCUT2D eigenvalue weighted by Crippen LogP contribution is -2.28. The normalized spacial score (nSPS) is 40.3. The summed E-state index contributed by atoms with van der Waals surface area (Å²) in [7, 11) is 0. The van der Waals surface area contributed by atoms with Crippen LogP contribution in [0.2, 0.25) is 0 Å². The minimum atomic E-state index is 0.694. The van der Waals surface area contributed by atoms with Gasteiger partial charge >= 0.3 is 0 Å². The first-order valence-corrected chi connectivity index (χ1v) is 3.08. The van der Waals surface area contributed by atoms with Crippen LogP contribution in [0.3, 0.4) is 0 Å². The van der Waals surface area contributed by atoms with E-state index in [1.807, 2.05) is 0 Å². The molecule has 0 N–H and O–H groups in total. The highest BCUT2D eigenvalue weighted by Crippen LogP contribution is 2.38. The Balaban J connectivity index is 1.83. The first-order valence-electron chi connectivity index (χ1n) is 3.08. The van der Waals surface area contributed by atoms with Crippen LogP contribution in [-0.4, -0.2) is 12.7 Å². The zero-order valence-electron chi connectivity index (χ0n) is 4.39. The molecule has 0 aromatic carbocycles. The molecular weight excluding hydrogens is 88.1 g/mol. The monoisotopic (exact) mass is 98.1 g/mol. The molecule has 1 aliphatic carbocycles. The number of hydrogen-bond acceptors (Lipinski definition) is 1. The first-order chi connectivity index (χ1) is 3.47. The van der Waals surface area contributed by atoms with Crippen molar-refractivity contribution >= 4 is 0 Å². The van der Waals surface area contributed by atoms with Crippen LogP contribution in [0.5, 0.6) is 0 Å². The Morgan fingerprint density at radius 1 is 1.14 bits per heavy atom. The Kier molecular flexibility index (Phi) is 0.680. The highest BCUT2D eigenvalue weighted by Gasteiger charge is 2.35. The Morgan fingerprint density at radius 2 is 1.86 bits per heavy atom. The van der Waals surface area contributed by atoms with Crippen molar-refractivity contribution < 1.29 is 4.74 Å². The maximum atomic E-state index is 5.25. The van der Waals surface area contributed by atoms with Crippen LogP contribution in [0.1, 0.15) is 19.3 Å². The second kappa shape index (κ2) is 1.22. The van der Waals surface area contributed by atoms with E-state index in [1.54, 1.807) is 0 Å². The van der Waals surface area contributed by atoms with E-state index in [2.05, 4.69) is 0 Å². The molecule has 2 aliphatic rings. The quantitative estimate of drug-likeness (QED) is 0.478. The Morgan fingerprint density at radius 3 is 2.00 bits per heavy atom. The molecule has 1 saturated carbocycles. The average Bonchev–Trinajstić information content (AvgIpc) is 2.10. The lowest BCUT2D eigenvalue weighted by molar-refractivity contribution is -0.0631. The van der Waals surface area contributed by atoms with Gasteiger partial charge in [-0.3, -0.25) is 0 Å². The van der Waals surface area contributed by atoms with Gasteiger partial charge in [0, 0.05) is 6.61 Å². The largest absolute Gasteiger partial charge is 0.378 e. The summed E-state index contributed by atoms with van der Waals surface area (Å²) in [5.74, 6) is 0.980. The topological polar surface area (TPSA) is 9.23 Å². The van der Waals surface area contributed by atoms with Crippen molar-refractivity contribution in [2.24, 2.45) is 5.92 Å². The lowest BCUT2D eigenvalue weighted by atomic mass is 10.1. The molecule has 2 fully saturated rings. The van der Waals surface area contributed by atoms with Gasteiger partial charge in [-0.05, 0) is 25.2 Å². The lowest BCUT2D eigenvalue weighted by Gasteiger charge is -2.25. The predicted octanol–water partition coefficient (Wildman–Crippen LogP) is 1.19. The molecule has 1 aliphatic heterocycles. The molecule has 1 heterocycles. The molecular formula is C6H10O. The van der Waals surface area contributed by atoms with E-state index < -0.39 is 0 Å². The SMILES string of the molecule is C1CC(C2CC2)O1. The number of ether oxygens (including phenoxy) is 1.